The summed E-state index contributed by atoms with van der Waals surface area (Å²) in [5.41, 5.74) is 1.67. The van der Waals surface area contributed by atoms with E-state index in [4.69, 9.17) is 39.5 Å². The fraction of sp³-hybridized carbons (Fsp3) is 0.176. The smallest absolute Gasteiger partial charge is 0.337 e. The summed E-state index contributed by atoms with van der Waals surface area (Å²) >= 11 is 17.7. The van der Waals surface area contributed by atoms with Gasteiger partial charge in [0.25, 0.3) is 5.91 Å². The predicted octanol–water partition coefficient (Wildman–Crippen LogP) is 4.76. The Balaban J connectivity index is 2.01. The third-order valence-electron chi connectivity index (χ3n) is 3.26. The van der Waals surface area contributed by atoms with Crippen molar-refractivity contribution in [2.45, 2.75) is 6.92 Å². The van der Waals surface area contributed by atoms with Gasteiger partial charge in [0.1, 0.15) is 5.75 Å². The number of hydrogen-bond acceptors (Lipinski definition) is 4. The van der Waals surface area contributed by atoms with E-state index in [1.54, 1.807) is 25.1 Å². The molecule has 1 N–H and O–H groups in total. The van der Waals surface area contributed by atoms with E-state index in [0.717, 1.165) is 0 Å². The number of carbonyl (C=O) groups is 2. The lowest BCUT2D eigenvalue weighted by Gasteiger charge is -2.12. The Bertz CT molecular complexity index is 824. The molecule has 0 spiro atoms. The number of hydrogen-bond donors (Lipinski definition) is 1. The molecule has 0 unspecified atom stereocenters. The summed E-state index contributed by atoms with van der Waals surface area (Å²) in [5.74, 6) is -0.585. The summed E-state index contributed by atoms with van der Waals surface area (Å²) in [4.78, 5) is 23.5. The number of nitrogens with one attached hydrogen (secondary N) is 1. The number of anilines is 1. The minimum atomic E-state index is -0.446. The van der Waals surface area contributed by atoms with Gasteiger partial charge in [0, 0.05) is 11.8 Å². The van der Waals surface area contributed by atoms with Gasteiger partial charge in [-0.15, -0.1) is 0 Å². The maximum atomic E-state index is 12.0. The Morgan fingerprint density at radius 3 is 2.36 bits per heavy atom. The number of carbonyl (C=O) groups excluding carboxylic acids is 2. The van der Waals surface area contributed by atoms with Crippen LogP contribution in [0.3, 0.4) is 0 Å². The minimum Gasteiger partial charge on any atom is -0.482 e. The van der Waals surface area contributed by atoms with Crippen molar-refractivity contribution in [2.24, 2.45) is 0 Å². The number of benzene rings is 2. The highest BCUT2D eigenvalue weighted by molar-refractivity contribution is 6.43. The second-order valence-electron chi connectivity index (χ2n) is 5.05. The molecule has 25 heavy (non-hydrogen) atoms. The topological polar surface area (TPSA) is 64.6 Å². The van der Waals surface area contributed by atoms with E-state index in [9.17, 15) is 9.59 Å². The van der Waals surface area contributed by atoms with Gasteiger partial charge in [0.05, 0.1) is 27.7 Å². The Kier molecular flexibility index (Phi) is 6.53. The van der Waals surface area contributed by atoms with Crippen LogP contribution >= 0.6 is 34.8 Å². The Labute approximate surface area is 159 Å². The van der Waals surface area contributed by atoms with Gasteiger partial charge in [-0.25, -0.2) is 4.79 Å². The molecular formula is C17H14Cl3NO4. The van der Waals surface area contributed by atoms with Crippen LogP contribution in [0.25, 0.3) is 0 Å². The maximum Gasteiger partial charge on any atom is 0.337 e. The molecule has 0 aliphatic heterocycles. The average molecular weight is 403 g/mol. The quantitative estimate of drug-likeness (QED) is 0.578. The fourth-order valence-electron chi connectivity index (χ4n) is 1.99. The monoisotopic (exact) mass is 401 g/mol. The summed E-state index contributed by atoms with van der Waals surface area (Å²) in [7, 11) is 1.30. The molecule has 0 aromatic heterocycles. The highest BCUT2D eigenvalue weighted by Crippen LogP contribution is 2.33. The molecule has 2 rings (SSSR count). The van der Waals surface area contributed by atoms with Crippen LogP contribution < -0.4 is 10.1 Å². The van der Waals surface area contributed by atoms with Gasteiger partial charge in [-0.05, 0) is 36.8 Å². The summed E-state index contributed by atoms with van der Waals surface area (Å²) < 4.78 is 10.0. The molecule has 0 radical (unpaired) electrons. The van der Waals surface area contributed by atoms with Crippen molar-refractivity contribution in [3.05, 3.63) is 56.5 Å². The van der Waals surface area contributed by atoms with Crippen LogP contribution in [0.15, 0.2) is 30.3 Å². The third-order valence-corrected chi connectivity index (χ3v) is 4.27. The summed E-state index contributed by atoms with van der Waals surface area (Å²) in [6.45, 7) is 1.49. The number of aryl methyl sites for hydroxylation is 1. The molecule has 0 fully saturated rings. The summed E-state index contributed by atoms with van der Waals surface area (Å²) in [5, 5.41) is 3.51. The molecule has 2 aromatic rings. The van der Waals surface area contributed by atoms with Crippen LogP contribution in [-0.4, -0.2) is 25.6 Å². The standard InChI is InChI=1S/C17H14Cl3NO4/c1-9-5-10(17(23)24-2)3-4-14(9)21-16(22)8-25-15-7-12(19)11(18)6-13(15)20/h3-7H,8H2,1-2H3,(H,21,22). The molecule has 0 heterocycles. The Hall–Kier alpha value is -1.95. The molecule has 0 saturated carbocycles. The van der Waals surface area contributed by atoms with Crippen molar-refractivity contribution in [2.75, 3.05) is 19.0 Å². The fourth-order valence-corrected chi connectivity index (χ4v) is 2.58. The van der Waals surface area contributed by atoms with E-state index in [-0.39, 0.29) is 22.4 Å². The second kappa shape index (κ2) is 8.43. The molecule has 8 heteroatoms. The molecule has 1 amide bonds. The van der Waals surface area contributed by atoms with Gasteiger partial charge in [-0.2, -0.15) is 0 Å². The molecule has 2 aromatic carbocycles. The zero-order valence-electron chi connectivity index (χ0n) is 13.4. The van der Waals surface area contributed by atoms with Gasteiger partial charge in [-0.1, -0.05) is 34.8 Å². The van der Waals surface area contributed by atoms with Crippen LogP contribution in [0.5, 0.6) is 5.75 Å². The molecule has 0 saturated heterocycles. The molecule has 132 valence electrons. The lowest BCUT2D eigenvalue weighted by atomic mass is 10.1. The van der Waals surface area contributed by atoms with E-state index in [0.29, 0.717) is 21.8 Å². The number of amides is 1. The first-order valence-electron chi connectivity index (χ1n) is 7.08. The number of methoxy groups -OCH3 is 1. The van der Waals surface area contributed by atoms with E-state index >= 15 is 0 Å². The summed E-state index contributed by atoms with van der Waals surface area (Å²) in [6.07, 6.45) is 0. The van der Waals surface area contributed by atoms with Crippen LogP contribution in [0.4, 0.5) is 5.69 Å². The molecular weight excluding hydrogens is 389 g/mol. The molecule has 0 aliphatic carbocycles. The normalized spacial score (nSPS) is 10.3. The van der Waals surface area contributed by atoms with Crippen LogP contribution in [0.1, 0.15) is 15.9 Å². The maximum absolute atomic E-state index is 12.0. The van der Waals surface area contributed by atoms with Gasteiger partial charge in [0.15, 0.2) is 6.61 Å². The largest absolute Gasteiger partial charge is 0.482 e. The minimum absolute atomic E-state index is 0.251. The van der Waals surface area contributed by atoms with Crippen molar-refractivity contribution < 1.29 is 19.1 Å². The number of ether oxygens (including phenoxy) is 2. The van der Waals surface area contributed by atoms with Crippen molar-refractivity contribution >= 4 is 52.4 Å². The molecule has 5 nitrogen and oxygen atoms in total. The van der Waals surface area contributed by atoms with E-state index in [1.807, 2.05) is 0 Å². The van der Waals surface area contributed by atoms with Crippen molar-refractivity contribution in [3.8, 4) is 5.75 Å². The first kappa shape index (κ1) is 19.4. The predicted molar refractivity (Wildman–Crippen MR) is 98.1 cm³/mol. The number of halogens is 3. The van der Waals surface area contributed by atoms with Crippen LogP contribution in [-0.2, 0) is 9.53 Å². The number of esters is 1. The van der Waals surface area contributed by atoms with Crippen molar-refractivity contribution in [1.82, 2.24) is 0 Å². The zero-order chi connectivity index (χ0) is 18.6. The first-order chi connectivity index (χ1) is 11.8. The summed E-state index contributed by atoms with van der Waals surface area (Å²) in [6, 6.07) is 7.68. The molecule has 0 aliphatic rings. The molecule has 0 atom stereocenters. The van der Waals surface area contributed by atoms with Crippen molar-refractivity contribution in [3.63, 3.8) is 0 Å². The van der Waals surface area contributed by atoms with Crippen molar-refractivity contribution in [1.29, 1.82) is 0 Å². The van der Waals surface area contributed by atoms with Gasteiger partial charge in [0.2, 0.25) is 0 Å². The van der Waals surface area contributed by atoms with E-state index in [1.165, 1.54) is 19.2 Å². The first-order valence-corrected chi connectivity index (χ1v) is 8.21. The number of rotatable bonds is 5. The van der Waals surface area contributed by atoms with Crippen LogP contribution in [0.2, 0.25) is 15.1 Å². The van der Waals surface area contributed by atoms with Gasteiger partial charge in [-0.3, -0.25) is 4.79 Å². The lowest BCUT2D eigenvalue weighted by molar-refractivity contribution is -0.118. The highest BCUT2D eigenvalue weighted by atomic mass is 35.5. The van der Waals surface area contributed by atoms with E-state index in [2.05, 4.69) is 10.1 Å². The Morgan fingerprint density at radius 1 is 1.04 bits per heavy atom. The third kappa shape index (κ3) is 5.01. The average Bonchev–Trinajstić information content (AvgIpc) is 2.58. The van der Waals surface area contributed by atoms with Gasteiger partial charge >= 0.3 is 5.97 Å². The van der Waals surface area contributed by atoms with Gasteiger partial charge < -0.3 is 14.8 Å². The zero-order valence-corrected chi connectivity index (χ0v) is 15.6. The lowest BCUT2D eigenvalue weighted by Crippen LogP contribution is -2.21. The second-order valence-corrected chi connectivity index (χ2v) is 6.28. The SMILES string of the molecule is COC(=O)c1ccc(NC(=O)COc2cc(Cl)c(Cl)cc2Cl)c(C)c1. The molecule has 0 bridgehead atoms. The Morgan fingerprint density at radius 2 is 1.72 bits per heavy atom. The highest BCUT2D eigenvalue weighted by Gasteiger charge is 2.12. The van der Waals surface area contributed by atoms with E-state index < -0.39 is 11.9 Å². The van der Waals surface area contributed by atoms with Crippen LogP contribution in [0, 0.1) is 6.92 Å².